The highest BCUT2D eigenvalue weighted by Crippen LogP contribution is 2.28. The van der Waals surface area contributed by atoms with Gasteiger partial charge >= 0.3 is 0 Å². The topological polar surface area (TPSA) is 95.9 Å². The van der Waals surface area contributed by atoms with Crippen LogP contribution in [-0.2, 0) is 14.8 Å². The van der Waals surface area contributed by atoms with E-state index in [1.165, 1.54) is 29.0 Å². The van der Waals surface area contributed by atoms with Crippen LogP contribution < -0.4 is 10.2 Å². The molecule has 0 aromatic heterocycles. The molecule has 0 spiro atoms. The van der Waals surface area contributed by atoms with Crippen molar-refractivity contribution in [2.24, 2.45) is 0 Å². The number of nitrogens with one attached hydrogen (secondary N) is 1. The molecular formula is C15H22N2O5S. The Morgan fingerprint density at radius 1 is 1.26 bits per heavy atom. The van der Waals surface area contributed by atoms with Gasteiger partial charge in [-0.3, -0.25) is 10.0 Å². The van der Waals surface area contributed by atoms with Gasteiger partial charge < -0.3 is 4.74 Å². The first kappa shape index (κ1) is 17.7. The second-order valence-electron chi connectivity index (χ2n) is 5.55. The third-order valence-electron chi connectivity index (χ3n) is 4.07. The van der Waals surface area contributed by atoms with Gasteiger partial charge in [0.1, 0.15) is 5.75 Å². The zero-order valence-electron chi connectivity index (χ0n) is 13.1. The molecule has 2 N–H and O–H groups in total. The van der Waals surface area contributed by atoms with Gasteiger partial charge in [-0.1, -0.05) is 19.3 Å². The number of hydroxylamine groups is 1. The van der Waals surface area contributed by atoms with Crippen molar-refractivity contribution in [2.75, 3.05) is 13.7 Å². The molecule has 0 aliphatic heterocycles. The molecule has 0 atom stereocenters. The van der Waals surface area contributed by atoms with Crippen LogP contribution in [0, 0.1) is 0 Å². The number of amides is 1. The molecule has 2 rings (SSSR count). The predicted octanol–water partition coefficient (Wildman–Crippen LogP) is 1.52. The maximum absolute atomic E-state index is 12.9. The van der Waals surface area contributed by atoms with Gasteiger partial charge in [-0.05, 0) is 37.1 Å². The standard InChI is InChI=1S/C15H22N2O5S/c1-22-13-7-9-14(10-8-13)23(20,21)17(11-15(18)16-19)12-5-3-2-4-6-12/h7-10,12,19H,2-6,11H2,1H3,(H,16,18). The Hall–Kier alpha value is -1.64. The van der Waals surface area contributed by atoms with Crippen LogP contribution in [0.3, 0.4) is 0 Å². The van der Waals surface area contributed by atoms with Gasteiger partial charge in [-0.15, -0.1) is 0 Å². The second kappa shape index (κ2) is 7.76. The van der Waals surface area contributed by atoms with Crippen molar-refractivity contribution in [3.8, 4) is 5.75 Å². The lowest BCUT2D eigenvalue weighted by Gasteiger charge is -2.32. The summed E-state index contributed by atoms with van der Waals surface area (Å²) in [6.45, 7) is -0.393. The molecule has 1 aromatic carbocycles. The molecular weight excluding hydrogens is 320 g/mol. The number of ether oxygens (including phenoxy) is 1. The van der Waals surface area contributed by atoms with Crippen molar-refractivity contribution < 1.29 is 23.2 Å². The summed E-state index contributed by atoms with van der Waals surface area (Å²) in [6.07, 6.45) is 4.36. The average molecular weight is 342 g/mol. The summed E-state index contributed by atoms with van der Waals surface area (Å²) in [5.41, 5.74) is 1.51. The van der Waals surface area contributed by atoms with E-state index in [4.69, 9.17) is 9.94 Å². The third-order valence-corrected chi connectivity index (χ3v) is 5.98. The Morgan fingerprint density at radius 2 is 1.87 bits per heavy atom. The highest BCUT2D eigenvalue weighted by atomic mass is 32.2. The zero-order valence-corrected chi connectivity index (χ0v) is 13.9. The quantitative estimate of drug-likeness (QED) is 0.604. The average Bonchev–Trinajstić information content (AvgIpc) is 2.60. The Morgan fingerprint density at radius 3 is 2.39 bits per heavy atom. The maximum atomic E-state index is 12.9. The normalized spacial score (nSPS) is 16.3. The SMILES string of the molecule is COc1ccc(S(=O)(=O)N(CC(=O)NO)C2CCCCC2)cc1. The van der Waals surface area contributed by atoms with Crippen molar-refractivity contribution in [3.63, 3.8) is 0 Å². The molecule has 0 unspecified atom stereocenters. The first-order valence-corrected chi connectivity index (χ1v) is 9.02. The number of carbonyl (C=O) groups is 1. The number of hydrogen-bond donors (Lipinski definition) is 2. The first-order valence-electron chi connectivity index (χ1n) is 7.58. The molecule has 7 nitrogen and oxygen atoms in total. The first-order chi connectivity index (χ1) is 11.0. The van der Waals surface area contributed by atoms with E-state index >= 15 is 0 Å². The van der Waals surface area contributed by atoms with Crippen LogP contribution in [0.4, 0.5) is 0 Å². The molecule has 0 bridgehead atoms. The van der Waals surface area contributed by atoms with E-state index in [9.17, 15) is 13.2 Å². The largest absolute Gasteiger partial charge is 0.497 e. The van der Waals surface area contributed by atoms with Crippen LogP contribution in [0.5, 0.6) is 5.75 Å². The van der Waals surface area contributed by atoms with Gasteiger partial charge in [-0.2, -0.15) is 4.31 Å². The fourth-order valence-corrected chi connectivity index (χ4v) is 4.48. The highest BCUT2D eigenvalue weighted by Gasteiger charge is 2.33. The van der Waals surface area contributed by atoms with Crippen molar-refractivity contribution in [2.45, 2.75) is 43.0 Å². The summed E-state index contributed by atoms with van der Waals surface area (Å²) in [4.78, 5) is 11.7. The van der Waals surface area contributed by atoms with Crippen molar-refractivity contribution in [3.05, 3.63) is 24.3 Å². The fourth-order valence-electron chi connectivity index (χ4n) is 2.84. The number of hydrogen-bond acceptors (Lipinski definition) is 5. The summed E-state index contributed by atoms with van der Waals surface area (Å²) in [7, 11) is -2.32. The number of carbonyl (C=O) groups excluding carboxylic acids is 1. The summed E-state index contributed by atoms with van der Waals surface area (Å²) in [5, 5.41) is 8.75. The minimum Gasteiger partial charge on any atom is -0.497 e. The van der Waals surface area contributed by atoms with Crippen molar-refractivity contribution >= 4 is 15.9 Å². The van der Waals surface area contributed by atoms with Crippen LogP contribution in [0.15, 0.2) is 29.2 Å². The van der Waals surface area contributed by atoms with Crippen LogP contribution >= 0.6 is 0 Å². The number of sulfonamides is 1. The molecule has 23 heavy (non-hydrogen) atoms. The van der Waals surface area contributed by atoms with Crippen molar-refractivity contribution in [1.82, 2.24) is 9.79 Å². The summed E-state index contributed by atoms with van der Waals surface area (Å²) >= 11 is 0. The monoisotopic (exact) mass is 342 g/mol. The van der Waals surface area contributed by atoms with Gasteiger partial charge in [0.15, 0.2) is 0 Å². The number of benzene rings is 1. The molecule has 1 aliphatic carbocycles. The van der Waals surface area contributed by atoms with Crippen LogP contribution in [0.1, 0.15) is 32.1 Å². The Kier molecular flexibility index (Phi) is 5.97. The van der Waals surface area contributed by atoms with E-state index in [1.807, 2.05) is 0 Å². The van der Waals surface area contributed by atoms with Crippen LogP contribution in [0.2, 0.25) is 0 Å². The van der Waals surface area contributed by atoms with Crippen LogP contribution in [-0.4, -0.2) is 43.5 Å². The molecule has 1 aromatic rings. The molecule has 1 aliphatic rings. The molecule has 0 radical (unpaired) electrons. The minimum atomic E-state index is -3.83. The van der Waals surface area contributed by atoms with Crippen LogP contribution in [0.25, 0.3) is 0 Å². The summed E-state index contributed by atoms with van der Waals surface area (Å²) in [6, 6.07) is 5.82. The predicted molar refractivity (Wildman–Crippen MR) is 83.7 cm³/mol. The Labute approximate surface area is 136 Å². The molecule has 0 saturated heterocycles. The Bertz CT molecular complexity index is 624. The maximum Gasteiger partial charge on any atom is 0.258 e. The van der Waals surface area contributed by atoms with Gasteiger partial charge in [0, 0.05) is 6.04 Å². The van der Waals surface area contributed by atoms with E-state index in [0.29, 0.717) is 18.6 Å². The van der Waals surface area contributed by atoms with Gasteiger partial charge in [0.25, 0.3) is 5.91 Å². The molecule has 1 saturated carbocycles. The minimum absolute atomic E-state index is 0.106. The van der Waals surface area contributed by atoms with E-state index in [-0.39, 0.29) is 10.9 Å². The lowest BCUT2D eigenvalue weighted by atomic mass is 9.95. The lowest BCUT2D eigenvalue weighted by Crippen LogP contribution is -2.46. The van der Waals surface area contributed by atoms with Gasteiger partial charge in [-0.25, -0.2) is 13.9 Å². The van der Waals surface area contributed by atoms with Gasteiger partial charge in [0.05, 0.1) is 18.6 Å². The number of rotatable bonds is 6. The van der Waals surface area contributed by atoms with E-state index in [0.717, 1.165) is 19.3 Å². The second-order valence-corrected chi connectivity index (χ2v) is 7.44. The van der Waals surface area contributed by atoms with Gasteiger partial charge in [0.2, 0.25) is 10.0 Å². The summed E-state index contributed by atoms with van der Waals surface area (Å²) in [5.74, 6) is -0.186. The molecule has 8 heteroatoms. The van der Waals surface area contributed by atoms with Crippen molar-refractivity contribution in [1.29, 1.82) is 0 Å². The fraction of sp³-hybridized carbons (Fsp3) is 0.533. The number of methoxy groups -OCH3 is 1. The van der Waals surface area contributed by atoms with E-state index < -0.39 is 22.5 Å². The molecule has 1 fully saturated rings. The molecule has 1 amide bonds. The highest BCUT2D eigenvalue weighted by molar-refractivity contribution is 7.89. The molecule has 0 heterocycles. The zero-order chi connectivity index (χ0) is 16.9. The third kappa shape index (κ3) is 4.21. The number of nitrogens with zero attached hydrogens (tertiary/aromatic N) is 1. The Balaban J connectivity index is 2.31. The van der Waals surface area contributed by atoms with E-state index in [2.05, 4.69) is 0 Å². The molecule has 128 valence electrons. The summed E-state index contributed by atoms with van der Waals surface area (Å²) < 4.78 is 32.0. The lowest BCUT2D eigenvalue weighted by molar-refractivity contribution is -0.129. The van der Waals surface area contributed by atoms with E-state index in [1.54, 1.807) is 12.1 Å². The smallest absolute Gasteiger partial charge is 0.258 e.